The van der Waals surface area contributed by atoms with Gasteiger partial charge in [0.2, 0.25) is 0 Å². The molecule has 0 N–H and O–H groups in total. The van der Waals surface area contributed by atoms with Gasteiger partial charge in [0.05, 0.1) is 16.9 Å². The van der Waals surface area contributed by atoms with Gasteiger partial charge in [0.15, 0.2) is 0 Å². The summed E-state index contributed by atoms with van der Waals surface area (Å²) in [5.74, 6) is -0.222. The third-order valence-electron chi connectivity index (χ3n) is 2.19. The normalized spacial score (nSPS) is 9.59. The SMILES string of the molecule is C=C=CN(C(=O)COC)c1c(C)cccc1Cl. The molecule has 90 valence electrons. The Morgan fingerprint density at radius 2 is 2.35 bits per heavy atom. The highest BCUT2D eigenvalue weighted by Gasteiger charge is 2.17. The van der Waals surface area contributed by atoms with Crippen LogP contribution < -0.4 is 4.90 Å². The van der Waals surface area contributed by atoms with Crippen LogP contribution in [-0.2, 0) is 9.53 Å². The van der Waals surface area contributed by atoms with Crippen LogP contribution in [0.2, 0.25) is 5.02 Å². The lowest BCUT2D eigenvalue weighted by Gasteiger charge is -2.20. The fourth-order valence-corrected chi connectivity index (χ4v) is 1.79. The lowest BCUT2D eigenvalue weighted by Crippen LogP contribution is -2.29. The quantitative estimate of drug-likeness (QED) is 0.770. The first kappa shape index (κ1) is 13.5. The Hall–Kier alpha value is -1.54. The predicted molar refractivity (Wildman–Crippen MR) is 69.3 cm³/mol. The molecule has 0 bridgehead atoms. The first-order chi connectivity index (χ1) is 8.11. The van der Waals surface area contributed by atoms with E-state index >= 15 is 0 Å². The number of carbonyl (C=O) groups is 1. The Bertz CT molecular complexity index is 444. The van der Waals surface area contributed by atoms with Gasteiger partial charge < -0.3 is 4.74 Å². The molecule has 3 nitrogen and oxygen atoms in total. The second-order valence-corrected chi connectivity index (χ2v) is 3.84. The summed E-state index contributed by atoms with van der Waals surface area (Å²) in [4.78, 5) is 13.3. The first-order valence-electron chi connectivity index (χ1n) is 5.04. The Balaban J connectivity index is 3.23. The molecule has 0 saturated heterocycles. The van der Waals surface area contributed by atoms with Crippen LogP contribution in [0, 0.1) is 6.92 Å². The summed E-state index contributed by atoms with van der Waals surface area (Å²) in [7, 11) is 1.47. The molecule has 17 heavy (non-hydrogen) atoms. The van der Waals surface area contributed by atoms with E-state index in [1.807, 2.05) is 19.1 Å². The van der Waals surface area contributed by atoms with Crippen LogP contribution in [0.15, 0.2) is 36.7 Å². The van der Waals surface area contributed by atoms with Crippen molar-refractivity contribution in [2.24, 2.45) is 0 Å². The molecule has 0 unspecified atom stereocenters. The molecule has 0 fully saturated rings. The highest BCUT2D eigenvalue weighted by atomic mass is 35.5. The minimum Gasteiger partial charge on any atom is -0.375 e. The smallest absolute Gasteiger partial charge is 0.257 e. The van der Waals surface area contributed by atoms with Crippen LogP contribution in [0.3, 0.4) is 0 Å². The van der Waals surface area contributed by atoms with Gasteiger partial charge in [-0.3, -0.25) is 9.69 Å². The third kappa shape index (κ3) is 3.21. The van der Waals surface area contributed by atoms with E-state index in [4.69, 9.17) is 16.3 Å². The number of hydrogen-bond donors (Lipinski definition) is 0. The minimum absolute atomic E-state index is 0.0250. The van der Waals surface area contributed by atoms with Crippen molar-refractivity contribution in [1.29, 1.82) is 0 Å². The maximum Gasteiger partial charge on any atom is 0.257 e. The Morgan fingerprint density at radius 3 is 2.88 bits per heavy atom. The zero-order valence-electron chi connectivity index (χ0n) is 9.87. The Labute approximate surface area is 106 Å². The summed E-state index contributed by atoms with van der Waals surface area (Å²) in [6.45, 7) is 5.32. The van der Waals surface area contributed by atoms with Gasteiger partial charge in [-0.2, -0.15) is 0 Å². The van der Waals surface area contributed by atoms with Crippen LogP contribution in [0.5, 0.6) is 0 Å². The number of halogens is 1. The molecule has 4 heteroatoms. The molecule has 0 aliphatic heterocycles. The van der Waals surface area contributed by atoms with Crippen LogP contribution in [0.1, 0.15) is 5.56 Å². The molecule has 1 amide bonds. The fraction of sp³-hybridized carbons (Fsp3) is 0.231. The van der Waals surface area contributed by atoms with Crippen molar-refractivity contribution >= 4 is 23.2 Å². The van der Waals surface area contributed by atoms with Crippen LogP contribution in [-0.4, -0.2) is 19.6 Å². The summed E-state index contributed by atoms with van der Waals surface area (Å²) in [6, 6.07) is 5.44. The fourth-order valence-electron chi connectivity index (χ4n) is 1.47. The molecule has 0 heterocycles. The van der Waals surface area contributed by atoms with Crippen LogP contribution in [0.4, 0.5) is 5.69 Å². The van der Waals surface area contributed by atoms with Gasteiger partial charge in [0.1, 0.15) is 6.61 Å². The molecule has 0 aliphatic carbocycles. The van der Waals surface area contributed by atoms with Gasteiger partial charge in [-0.1, -0.05) is 30.3 Å². The van der Waals surface area contributed by atoms with Crippen molar-refractivity contribution < 1.29 is 9.53 Å². The van der Waals surface area contributed by atoms with E-state index in [2.05, 4.69) is 12.3 Å². The average Bonchev–Trinajstić information content (AvgIpc) is 2.28. The molecular formula is C13H14ClNO2. The van der Waals surface area contributed by atoms with Gasteiger partial charge in [-0.15, -0.1) is 5.73 Å². The topological polar surface area (TPSA) is 29.5 Å². The Morgan fingerprint density at radius 1 is 1.65 bits per heavy atom. The van der Waals surface area contributed by atoms with E-state index in [9.17, 15) is 4.79 Å². The van der Waals surface area contributed by atoms with E-state index in [1.165, 1.54) is 18.2 Å². The minimum atomic E-state index is -0.222. The van der Waals surface area contributed by atoms with Crippen molar-refractivity contribution in [2.75, 3.05) is 18.6 Å². The highest BCUT2D eigenvalue weighted by Crippen LogP contribution is 2.29. The van der Waals surface area contributed by atoms with E-state index in [-0.39, 0.29) is 12.5 Å². The van der Waals surface area contributed by atoms with E-state index in [0.29, 0.717) is 10.7 Å². The zero-order chi connectivity index (χ0) is 12.8. The van der Waals surface area contributed by atoms with Crippen LogP contribution >= 0.6 is 11.6 Å². The van der Waals surface area contributed by atoms with Crippen molar-refractivity contribution in [3.05, 3.63) is 47.3 Å². The highest BCUT2D eigenvalue weighted by molar-refractivity contribution is 6.34. The van der Waals surface area contributed by atoms with Crippen molar-refractivity contribution in [1.82, 2.24) is 0 Å². The van der Waals surface area contributed by atoms with Crippen molar-refractivity contribution in [3.8, 4) is 0 Å². The number of carbonyl (C=O) groups excluding carboxylic acids is 1. The molecule has 0 aliphatic rings. The number of ether oxygens (including phenoxy) is 1. The number of para-hydroxylation sites is 1. The molecule has 0 aromatic heterocycles. The molecule has 1 rings (SSSR count). The molecule has 1 aromatic rings. The van der Waals surface area contributed by atoms with Gasteiger partial charge >= 0.3 is 0 Å². The number of rotatable bonds is 4. The Kier molecular flexibility index (Phi) is 4.98. The molecule has 0 spiro atoms. The lowest BCUT2D eigenvalue weighted by atomic mass is 10.2. The summed E-state index contributed by atoms with van der Waals surface area (Å²) < 4.78 is 4.83. The lowest BCUT2D eigenvalue weighted by molar-refractivity contribution is -0.121. The maximum atomic E-state index is 11.9. The third-order valence-corrected chi connectivity index (χ3v) is 2.49. The summed E-state index contributed by atoms with van der Waals surface area (Å²) in [6.07, 6.45) is 1.45. The van der Waals surface area contributed by atoms with E-state index in [0.717, 1.165) is 5.56 Å². The standard InChI is InChI=1S/C13H14ClNO2/c1-4-8-15(12(16)9-17-3)13-10(2)6-5-7-11(13)14/h5-8H,1,9H2,2-3H3. The summed E-state index contributed by atoms with van der Waals surface area (Å²) in [5, 5.41) is 0.501. The number of amides is 1. The molecule has 0 atom stereocenters. The predicted octanol–water partition coefficient (Wildman–Crippen LogP) is 2.93. The molecule has 0 radical (unpaired) electrons. The molecule has 1 aromatic carbocycles. The van der Waals surface area contributed by atoms with E-state index < -0.39 is 0 Å². The maximum absolute atomic E-state index is 11.9. The summed E-state index contributed by atoms with van der Waals surface area (Å²) >= 11 is 6.10. The summed E-state index contributed by atoms with van der Waals surface area (Å²) in [5.41, 5.74) is 4.10. The second-order valence-electron chi connectivity index (χ2n) is 3.44. The average molecular weight is 252 g/mol. The second kappa shape index (κ2) is 6.26. The zero-order valence-corrected chi connectivity index (χ0v) is 10.6. The number of nitrogens with zero attached hydrogens (tertiary/aromatic N) is 1. The number of hydrogen-bond acceptors (Lipinski definition) is 2. The molecular weight excluding hydrogens is 238 g/mol. The van der Waals surface area contributed by atoms with Gasteiger partial charge in [-0.05, 0) is 18.6 Å². The molecule has 0 saturated carbocycles. The van der Waals surface area contributed by atoms with Crippen molar-refractivity contribution in [3.63, 3.8) is 0 Å². The van der Waals surface area contributed by atoms with Gasteiger partial charge in [-0.25, -0.2) is 0 Å². The van der Waals surface area contributed by atoms with Crippen molar-refractivity contribution in [2.45, 2.75) is 6.92 Å². The first-order valence-corrected chi connectivity index (χ1v) is 5.41. The number of benzene rings is 1. The largest absolute Gasteiger partial charge is 0.375 e. The number of anilines is 1. The number of aryl methyl sites for hydroxylation is 1. The van der Waals surface area contributed by atoms with Gasteiger partial charge in [0.25, 0.3) is 5.91 Å². The van der Waals surface area contributed by atoms with E-state index in [1.54, 1.807) is 6.07 Å². The van der Waals surface area contributed by atoms with Gasteiger partial charge in [0, 0.05) is 7.11 Å². The van der Waals surface area contributed by atoms with Crippen LogP contribution in [0.25, 0.3) is 0 Å². The monoisotopic (exact) mass is 251 g/mol. The number of methoxy groups -OCH3 is 1.